The fraction of sp³-hybridized carbons (Fsp3) is 0.667. The van der Waals surface area contributed by atoms with Gasteiger partial charge in [-0.1, -0.05) is 12.8 Å². The molecule has 1 aromatic rings. The number of aliphatic hydroxyl groups is 1. The summed E-state index contributed by atoms with van der Waals surface area (Å²) in [7, 11) is -3.47. The van der Waals surface area contributed by atoms with Crippen LogP contribution in [0.5, 0.6) is 0 Å². The lowest BCUT2D eigenvalue weighted by atomic mass is 10.3. The summed E-state index contributed by atoms with van der Waals surface area (Å²) < 4.78 is 32.2. The van der Waals surface area contributed by atoms with Crippen molar-refractivity contribution in [3.8, 4) is 0 Å². The van der Waals surface area contributed by atoms with E-state index in [9.17, 15) is 8.42 Å². The molecule has 0 amide bonds. The molecule has 0 unspecified atom stereocenters. The van der Waals surface area contributed by atoms with Crippen LogP contribution in [0.3, 0.4) is 0 Å². The average molecular weight is 305 g/mol. The van der Waals surface area contributed by atoms with Gasteiger partial charge in [-0.05, 0) is 25.0 Å². The van der Waals surface area contributed by atoms with Crippen molar-refractivity contribution >= 4 is 21.4 Å². The first kappa shape index (κ1) is 14.9. The summed E-state index contributed by atoms with van der Waals surface area (Å²) in [5, 5.41) is 8.93. The molecule has 7 heteroatoms. The molecule has 2 N–H and O–H groups in total. The second-order valence-corrected chi connectivity index (χ2v) is 7.72. The molecule has 0 saturated heterocycles. The maximum Gasteiger partial charge on any atom is 0.250 e. The molecule has 0 atom stereocenters. The minimum absolute atomic E-state index is 0.134. The lowest BCUT2D eigenvalue weighted by molar-refractivity contribution is 0.0626. The van der Waals surface area contributed by atoms with Crippen LogP contribution in [0.15, 0.2) is 16.3 Å². The highest BCUT2D eigenvalue weighted by Crippen LogP contribution is 2.22. The highest BCUT2D eigenvalue weighted by Gasteiger charge is 2.18. The van der Waals surface area contributed by atoms with Crippen LogP contribution in [-0.2, 0) is 21.4 Å². The summed E-state index contributed by atoms with van der Waals surface area (Å²) >= 11 is 1.08. The topological polar surface area (TPSA) is 75.6 Å². The summed E-state index contributed by atoms with van der Waals surface area (Å²) in [5.74, 6) is 0. The summed E-state index contributed by atoms with van der Waals surface area (Å²) in [6, 6.07) is 3.13. The van der Waals surface area contributed by atoms with Crippen LogP contribution in [0.2, 0.25) is 0 Å². The molecule has 0 spiro atoms. The molecular weight excluding hydrogens is 286 g/mol. The van der Waals surface area contributed by atoms with Gasteiger partial charge in [0.1, 0.15) is 4.21 Å². The predicted octanol–water partition coefficient (Wildman–Crippen LogP) is 1.48. The molecule has 0 bridgehead atoms. The Morgan fingerprint density at radius 1 is 1.37 bits per heavy atom. The Balaban J connectivity index is 1.77. The maximum atomic E-state index is 11.9. The van der Waals surface area contributed by atoms with E-state index in [1.54, 1.807) is 6.07 Å². The minimum atomic E-state index is -3.47. The van der Waals surface area contributed by atoms with Crippen molar-refractivity contribution in [2.75, 3.05) is 13.2 Å². The zero-order chi connectivity index (χ0) is 13.7. The lowest BCUT2D eigenvalue weighted by Gasteiger charge is -2.11. The molecule has 0 aliphatic heterocycles. The number of rotatable bonds is 7. The number of aliphatic hydroxyl groups excluding tert-OH is 1. The van der Waals surface area contributed by atoms with Crippen molar-refractivity contribution in [3.63, 3.8) is 0 Å². The van der Waals surface area contributed by atoms with Crippen molar-refractivity contribution in [2.24, 2.45) is 0 Å². The van der Waals surface area contributed by atoms with E-state index in [0.29, 0.717) is 17.6 Å². The summed E-state index contributed by atoms with van der Waals surface area (Å²) in [5.41, 5.74) is 0. The van der Waals surface area contributed by atoms with Gasteiger partial charge in [0.05, 0.1) is 19.3 Å². The number of ether oxygens (including phenoxy) is 1. The van der Waals surface area contributed by atoms with Crippen LogP contribution in [0.1, 0.15) is 30.6 Å². The number of hydrogen-bond donors (Lipinski definition) is 2. The summed E-state index contributed by atoms with van der Waals surface area (Å²) in [6.07, 6.45) is 4.87. The van der Waals surface area contributed by atoms with Gasteiger partial charge in [-0.15, -0.1) is 11.3 Å². The molecule has 1 fully saturated rings. The van der Waals surface area contributed by atoms with Crippen LogP contribution in [0.25, 0.3) is 0 Å². The Bertz CT molecular complexity index is 492. The van der Waals surface area contributed by atoms with E-state index in [-0.39, 0.29) is 17.4 Å². The van der Waals surface area contributed by atoms with E-state index >= 15 is 0 Å². The summed E-state index contributed by atoms with van der Waals surface area (Å²) in [6.45, 7) is 0.554. The molecule has 2 rings (SSSR count). The first-order valence-corrected chi connectivity index (χ1v) is 8.72. The molecule has 1 heterocycles. The van der Waals surface area contributed by atoms with Gasteiger partial charge in [-0.25, -0.2) is 13.1 Å². The minimum Gasteiger partial charge on any atom is -0.391 e. The summed E-state index contributed by atoms with van der Waals surface area (Å²) in [4.78, 5) is 0.641. The fourth-order valence-electron chi connectivity index (χ4n) is 2.12. The molecule has 1 aliphatic carbocycles. The van der Waals surface area contributed by atoms with Gasteiger partial charge in [0.15, 0.2) is 0 Å². The highest BCUT2D eigenvalue weighted by molar-refractivity contribution is 7.91. The molecule has 19 heavy (non-hydrogen) atoms. The van der Waals surface area contributed by atoms with Crippen molar-refractivity contribution < 1.29 is 18.3 Å². The predicted molar refractivity (Wildman–Crippen MR) is 73.6 cm³/mol. The molecule has 108 valence electrons. The molecule has 0 radical (unpaired) electrons. The number of thiophene rings is 1. The fourth-order valence-corrected chi connectivity index (χ4v) is 4.39. The van der Waals surface area contributed by atoms with E-state index in [1.165, 1.54) is 18.9 Å². The Morgan fingerprint density at radius 3 is 2.74 bits per heavy atom. The van der Waals surface area contributed by atoms with Crippen LogP contribution in [0.4, 0.5) is 0 Å². The van der Waals surface area contributed by atoms with Gasteiger partial charge in [-0.2, -0.15) is 0 Å². The number of hydrogen-bond acceptors (Lipinski definition) is 5. The first-order valence-electron chi connectivity index (χ1n) is 6.42. The SMILES string of the molecule is O=S(=O)(NCCOC1CCCC1)c1ccc(CO)s1. The average Bonchev–Trinajstić information content (AvgIpc) is 3.05. The first-order chi connectivity index (χ1) is 9.12. The van der Waals surface area contributed by atoms with Crippen LogP contribution >= 0.6 is 11.3 Å². The Morgan fingerprint density at radius 2 is 2.11 bits per heavy atom. The van der Waals surface area contributed by atoms with Gasteiger partial charge in [-0.3, -0.25) is 0 Å². The smallest absolute Gasteiger partial charge is 0.250 e. The second kappa shape index (κ2) is 6.81. The normalized spacial score (nSPS) is 17.1. The van der Waals surface area contributed by atoms with Crippen LogP contribution < -0.4 is 4.72 Å². The highest BCUT2D eigenvalue weighted by atomic mass is 32.2. The Kier molecular flexibility index (Phi) is 5.35. The third-order valence-corrected chi connectivity index (χ3v) is 6.13. The standard InChI is InChI=1S/C12H19NO4S2/c14-9-11-5-6-12(18-11)19(15,16)13-7-8-17-10-3-1-2-4-10/h5-6,10,13-14H,1-4,7-9H2. The van der Waals surface area contributed by atoms with E-state index in [1.807, 2.05) is 0 Å². The van der Waals surface area contributed by atoms with Crippen LogP contribution in [0, 0.1) is 0 Å². The third kappa shape index (κ3) is 4.25. The zero-order valence-electron chi connectivity index (χ0n) is 10.7. The van der Waals surface area contributed by atoms with Gasteiger partial charge in [0.25, 0.3) is 0 Å². The number of sulfonamides is 1. The van der Waals surface area contributed by atoms with Gasteiger partial charge >= 0.3 is 0 Å². The van der Waals surface area contributed by atoms with Gasteiger partial charge in [0, 0.05) is 11.4 Å². The van der Waals surface area contributed by atoms with E-state index < -0.39 is 10.0 Å². The monoisotopic (exact) mass is 305 g/mol. The van der Waals surface area contributed by atoms with Crippen molar-refractivity contribution in [3.05, 3.63) is 17.0 Å². The van der Waals surface area contributed by atoms with E-state index in [0.717, 1.165) is 24.2 Å². The van der Waals surface area contributed by atoms with Crippen molar-refractivity contribution in [2.45, 2.75) is 42.6 Å². The molecular formula is C12H19NO4S2. The van der Waals surface area contributed by atoms with Crippen molar-refractivity contribution in [1.29, 1.82) is 0 Å². The Labute approximate surface area is 117 Å². The number of nitrogens with one attached hydrogen (secondary N) is 1. The second-order valence-electron chi connectivity index (χ2n) is 4.55. The van der Waals surface area contributed by atoms with Crippen LogP contribution in [-0.4, -0.2) is 32.8 Å². The lowest BCUT2D eigenvalue weighted by Crippen LogP contribution is -2.28. The van der Waals surface area contributed by atoms with E-state index in [4.69, 9.17) is 9.84 Å². The van der Waals surface area contributed by atoms with E-state index in [2.05, 4.69) is 4.72 Å². The van der Waals surface area contributed by atoms with Gasteiger partial charge in [0.2, 0.25) is 10.0 Å². The molecule has 5 nitrogen and oxygen atoms in total. The quantitative estimate of drug-likeness (QED) is 0.748. The third-order valence-electron chi connectivity index (χ3n) is 3.11. The molecule has 1 aliphatic rings. The molecule has 1 saturated carbocycles. The molecule has 0 aromatic carbocycles. The molecule has 1 aromatic heterocycles. The maximum absolute atomic E-state index is 11.9. The largest absolute Gasteiger partial charge is 0.391 e. The van der Waals surface area contributed by atoms with Gasteiger partial charge < -0.3 is 9.84 Å². The zero-order valence-corrected chi connectivity index (χ0v) is 12.3. The van der Waals surface area contributed by atoms with Crippen molar-refractivity contribution in [1.82, 2.24) is 4.72 Å². The Hall–Kier alpha value is -0.470.